The summed E-state index contributed by atoms with van der Waals surface area (Å²) in [5.74, 6) is -6.13. The Bertz CT molecular complexity index is 580. The van der Waals surface area contributed by atoms with Crippen LogP contribution in [-0.2, 0) is 19.1 Å². The van der Waals surface area contributed by atoms with Crippen LogP contribution < -0.4 is 0 Å². The molecule has 2 fully saturated rings. The van der Waals surface area contributed by atoms with Gasteiger partial charge < -0.3 is 14.6 Å². The second kappa shape index (κ2) is 11.0. The Labute approximate surface area is 178 Å². The van der Waals surface area contributed by atoms with E-state index in [-0.39, 0.29) is 42.5 Å². The maximum atomic E-state index is 14.5. The number of hydrogen-bond donors (Lipinski definition) is 1. The van der Waals surface area contributed by atoms with Crippen LogP contribution in [0, 0.1) is 11.8 Å². The van der Waals surface area contributed by atoms with Gasteiger partial charge in [0.05, 0.1) is 12.2 Å². The van der Waals surface area contributed by atoms with Gasteiger partial charge in [0.2, 0.25) is 5.79 Å². The second-order valence-electron chi connectivity index (χ2n) is 9.22. The standard InChI is InChI=1S/C23H38F2O5/c1-4-5-13-22(24,25)23(28)14-12-18-17(19(26)15-20(18)30-23)10-8-6-7-9-11-21(27)29-16(2)3/h16-18,20,28H,4-15H2,1-3H3/t17-,18-,20-,23-/m1/s1. The molecule has 1 heterocycles. The van der Waals surface area contributed by atoms with E-state index in [0.29, 0.717) is 32.1 Å². The van der Waals surface area contributed by atoms with Gasteiger partial charge in [-0.1, -0.05) is 32.6 Å². The summed E-state index contributed by atoms with van der Waals surface area (Å²) in [6, 6.07) is 0. The summed E-state index contributed by atoms with van der Waals surface area (Å²) >= 11 is 0. The molecule has 5 nitrogen and oxygen atoms in total. The highest BCUT2D eigenvalue weighted by Crippen LogP contribution is 2.49. The molecule has 0 aromatic rings. The Kier molecular flexibility index (Phi) is 9.22. The number of hydrogen-bond acceptors (Lipinski definition) is 5. The molecule has 1 aliphatic carbocycles. The van der Waals surface area contributed by atoms with Crippen molar-refractivity contribution in [2.24, 2.45) is 11.8 Å². The zero-order chi connectivity index (χ0) is 22.4. The molecule has 0 unspecified atom stereocenters. The van der Waals surface area contributed by atoms with E-state index in [1.165, 1.54) is 0 Å². The first-order valence-corrected chi connectivity index (χ1v) is 11.6. The van der Waals surface area contributed by atoms with Crippen LogP contribution in [0.25, 0.3) is 0 Å². The highest BCUT2D eigenvalue weighted by atomic mass is 19.3. The molecule has 1 saturated carbocycles. The smallest absolute Gasteiger partial charge is 0.306 e. The van der Waals surface area contributed by atoms with Crippen molar-refractivity contribution in [1.82, 2.24) is 0 Å². The van der Waals surface area contributed by atoms with Crippen LogP contribution in [0.15, 0.2) is 0 Å². The monoisotopic (exact) mass is 432 g/mol. The van der Waals surface area contributed by atoms with Crippen LogP contribution in [-0.4, -0.2) is 40.8 Å². The highest BCUT2D eigenvalue weighted by Gasteiger charge is 2.59. The molecule has 1 aliphatic heterocycles. The number of esters is 1. The van der Waals surface area contributed by atoms with Gasteiger partial charge in [-0.15, -0.1) is 0 Å². The summed E-state index contributed by atoms with van der Waals surface area (Å²) in [5.41, 5.74) is 0. The van der Waals surface area contributed by atoms with Gasteiger partial charge in [-0.2, -0.15) is 0 Å². The summed E-state index contributed by atoms with van der Waals surface area (Å²) in [6.45, 7) is 5.48. The SMILES string of the molecule is CCCCC(F)(F)[C@@]1(O)CC[C@H]2[C@@H](CC(=O)[C@@H]2CCCCCCC(=O)OC(C)C)O1. The van der Waals surface area contributed by atoms with Crippen molar-refractivity contribution < 1.29 is 33.0 Å². The third-order valence-electron chi connectivity index (χ3n) is 6.40. The van der Waals surface area contributed by atoms with E-state index in [2.05, 4.69) is 0 Å². The summed E-state index contributed by atoms with van der Waals surface area (Å²) in [5, 5.41) is 10.5. The Hall–Kier alpha value is -1.08. The predicted octanol–water partition coefficient (Wildman–Crippen LogP) is 5.18. The Morgan fingerprint density at radius 2 is 1.97 bits per heavy atom. The average Bonchev–Trinajstić information content (AvgIpc) is 2.96. The second-order valence-corrected chi connectivity index (χ2v) is 9.22. The van der Waals surface area contributed by atoms with Gasteiger partial charge in [0.1, 0.15) is 5.78 Å². The van der Waals surface area contributed by atoms with Crippen LogP contribution in [0.5, 0.6) is 0 Å². The summed E-state index contributed by atoms with van der Waals surface area (Å²) < 4.78 is 39.6. The van der Waals surface area contributed by atoms with E-state index in [9.17, 15) is 23.5 Å². The molecule has 1 saturated heterocycles. The Balaban J connectivity index is 1.76. The van der Waals surface area contributed by atoms with Crippen molar-refractivity contribution in [1.29, 1.82) is 0 Å². The fourth-order valence-electron chi connectivity index (χ4n) is 4.73. The fraction of sp³-hybridized carbons (Fsp3) is 0.913. The summed E-state index contributed by atoms with van der Waals surface area (Å²) in [6.07, 6.45) is 4.75. The molecule has 0 spiro atoms. The van der Waals surface area contributed by atoms with Gasteiger partial charge >= 0.3 is 11.9 Å². The van der Waals surface area contributed by atoms with Gasteiger partial charge in [-0.05, 0) is 45.4 Å². The van der Waals surface area contributed by atoms with Crippen molar-refractivity contribution in [3.05, 3.63) is 0 Å². The molecule has 0 aromatic heterocycles. The molecule has 174 valence electrons. The van der Waals surface area contributed by atoms with Crippen LogP contribution in [0.1, 0.15) is 97.8 Å². The average molecular weight is 433 g/mol. The number of carbonyl (C=O) groups is 2. The van der Waals surface area contributed by atoms with E-state index in [4.69, 9.17) is 9.47 Å². The molecular weight excluding hydrogens is 394 g/mol. The molecule has 2 aliphatic rings. The number of aliphatic hydroxyl groups is 1. The molecule has 0 amide bonds. The molecule has 0 bridgehead atoms. The van der Waals surface area contributed by atoms with Crippen LogP contribution in [0.2, 0.25) is 0 Å². The summed E-state index contributed by atoms with van der Waals surface area (Å²) in [7, 11) is 0. The summed E-state index contributed by atoms with van der Waals surface area (Å²) in [4.78, 5) is 24.0. The third-order valence-corrected chi connectivity index (χ3v) is 6.40. The first-order valence-electron chi connectivity index (χ1n) is 11.6. The van der Waals surface area contributed by atoms with Gasteiger partial charge in [-0.25, -0.2) is 8.78 Å². The van der Waals surface area contributed by atoms with Crippen molar-refractivity contribution in [2.45, 2.75) is 122 Å². The number of rotatable bonds is 12. The number of halogens is 2. The van der Waals surface area contributed by atoms with Gasteiger partial charge in [0.15, 0.2) is 0 Å². The number of ether oxygens (including phenoxy) is 2. The molecule has 7 heteroatoms. The maximum absolute atomic E-state index is 14.5. The molecule has 1 N–H and O–H groups in total. The van der Waals surface area contributed by atoms with Crippen LogP contribution in [0.4, 0.5) is 8.78 Å². The van der Waals surface area contributed by atoms with E-state index in [0.717, 1.165) is 25.7 Å². The maximum Gasteiger partial charge on any atom is 0.306 e. The molecular formula is C23H38F2O5. The molecule has 0 aromatic carbocycles. The quantitative estimate of drug-likeness (QED) is 0.340. The molecule has 0 radical (unpaired) electrons. The van der Waals surface area contributed by atoms with Crippen molar-refractivity contribution in [3.8, 4) is 0 Å². The first-order chi connectivity index (χ1) is 14.1. The molecule has 4 atom stereocenters. The Morgan fingerprint density at radius 3 is 2.63 bits per heavy atom. The first kappa shape index (κ1) is 25.2. The molecule has 30 heavy (non-hydrogen) atoms. The number of Topliss-reactive ketones (excluding diaryl/α,β-unsaturated/α-hetero) is 1. The number of alkyl halides is 2. The van der Waals surface area contributed by atoms with Crippen molar-refractivity contribution in [2.75, 3.05) is 0 Å². The number of ketones is 1. The van der Waals surface area contributed by atoms with Crippen LogP contribution in [0.3, 0.4) is 0 Å². The van der Waals surface area contributed by atoms with E-state index in [1.807, 2.05) is 20.8 Å². The number of fused-ring (bicyclic) bond motifs is 1. The van der Waals surface area contributed by atoms with Crippen molar-refractivity contribution >= 4 is 11.8 Å². The normalized spacial score (nSPS) is 29.3. The number of carbonyl (C=O) groups excluding carboxylic acids is 2. The lowest BCUT2D eigenvalue weighted by molar-refractivity contribution is -0.356. The lowest BCUT2D eigenvalue weighted by atomic mass is 9.81. The Morgan fingerprint density at radius 1 is 1.27 bits per heavy atom. The zero-order valence-corrected chi connectivity index (χ0v) is 18.6. The number of unbranched alkanes of at least 4 members (excludes halogenated alkanes) is 4. The lowest BCUT2D eigenvalue weighted by Gasteiger charge is -2.43. The topological polar surface area (TPSA) is 72.8 Å². The minimum Gasteiger partial charge on any atom is -0.463 e. The third kappa shape index (κ3) is 6.46. The lowest BCUT2D eigenvalue weighted by Crippen LogP contribution is -2.55. The van der Waals surface area contributed by atoms with E-state index < -0.39 is 24.2 Å². The van der Waals surface area contributed by atoms with Crippen molar-refractivity contribution in [3.63, 3.8) is 0 Å². The minimum absolute atomic E-state index is 0.0617. The van der Waals surface area contributed by atoms with E-state index >= 15 is 0 Å². The minimum atomic E-state index is -3.30. The zero-order valence-electron chi connectivity index (χ0n) is 18.6. The van der Waals surface area contributed by atoms with Gasteiger partial charge in [0, 0.05) is 31.6 Å². The van der Waals surface area contributed by atoms with E-state index in [1.54, 1.807) is 0 Å². The van der Waals surface area contributed by atoms with Crippen LogP contribution >= 0.6 is 0 Å². The van der Waals surface area contributed by atoms with Gasteiger partial charge in [0.25, 0.3) is 0 Å². The largest absolute Gasteiger partial charge is 0.463 e. The predicted molar refractivity (Wildman–Crippen MR) is 109 cm³/mol. The molecule has 2 rings (SSSR count). The highest BCUT2D eigenvalue weighted by molar-refractivity contribution is 5.84. The fourth-order valence-corrected chi connectivity index (χ4v) is 4.73. The van der Waals surface area contributed by atoms with Gasteiger partial charge in [-0.3, -0.25) is 9.59 Å².